The fraction of sp³-hybridized carbons (Fsp3) is 0.571. The fourth-order valence-electron chi connectivity index (χ4n) is 2.18. The summed E-state index contributed by atoms with van der Waals surface area (Å²) in [6.45, 7) is 3.02. The van der Waals surface area contributed by atoms with Crippen molar-refractivity contribution in [1.82, 2.24) is 0 Å². The molecule has 0 saturated heterocycles. The van der Waals surface area contributed by atoms with Gasteiger partial charge in [0.2, 0.25) is 6.79 Å². The molecule has 1 aromatic carbocycles. The van der Waals surface area contributed by atoms with Crippen molar-refractivity contribution in [2.45, 2.75) is 39.0 Å². The Balaban J connectivity index is 1.94. The van der Waals surface area contributed by atoms with Crippen LogP contribution in [-0.2, 0) is 0 Å². The van der Waals surface area contributed by atoms with Crippen molar-refractivity contribution in [2.24, 2.45) is 0 Å². The third kappa shape index (κ3) is 3.53. The van der Waals surface area contributed by atoms with Gasteiger partial charge in [-0.3, -0.25) is 10.1 Å². The van der Waals surface area contributed by atoms with Gasteiger partial charge in [0.05, 0.1) is 11.0 Å². The molecular weight excluding hydrogens is 260 g/mol. The Morgan fingerprint density at radius 2 is 1.90 bits per heavy atom. The van der Waals surface area contributed by atoms with Crippen molar-refractivity contribution in [1.29, 1.82) is 0 Å². The molecule has 6 heteroatoms. The molecule has 0 atom stereocenters. The van der Waals surface area contributed by atoms with Crippen LogP contribution in [0.2, 0.25) is 0 Å². The molecular formula is C14H20N2O4. The summed E-state index contributed by atoms with van der Waals surface area (Å²) in [6.07, 6.45) is 5.80. The standard InChI is InChI=1S/C14H20N2O4/c1-2-3-4-5-6-7-15-11-8-13-14(20-10-19-13)9-12(11)16(17)18/h8-9,15H,2-7,10H2,1H3. The molecule has 0 amide bonds. The van der Waals surface area contributed by atoms with E-state index in [4.69, 9.17) is 9.47 Å². The molecule has 0 aliphatic carbocycles. The third-order valence-corrected chi connectivity index (χ3v) is 3.28. The minimum absolute atomic E-state index is 0.0304. The van der Waals surface area contributed by atoms with Gasteiger partial charge in [0.1, 0.15) is 5.69 Å². The van der Waals surface area contributed by atoms with Crippen molar-refractivity contribution < 1.29 is 14.4 Å². The highest BCUT2D eigenvalue weighted by molar-refractivity contribution is 5.68. The first-order valence-corrected chi connectivity index (χ1v) is 7.04. The molecule has 0 saturated carbocycles. The number of nitrogens with zero attached hydrogens (tertiary/aromatic N) is 1. The lowest BCUT2D eigenvalue weighted by atomic mass is 10.1. The minimum atomic E-state index is -0.401. The number of hydrogen-bond acceptors (Lipinski definition) is 5. The van der Waals surface area contributed by atoms with Crippen LogP contribution in [0.4, 0.5) is 11.4 Å². The lowest BCUT2D eigenvalue weighted by Crippen LogP contribution is -2.04. The number of fused-ring (bicyclic) bond motifs is 1. The van der Waals surface area contributed by atoms with Crippen LogP contribution in [0.3, 0.4) is 0 Å². The zero-order valence-electron chi connectivity index (χ0n) is 11.7. The Morgan fingerprint density at radius 1 is 1.20 bits per heavy atom. The summed E-state index contributed by atoms with van der Waals surface area (Å²) in [7, 11) is 0. The van der Waals surface area contributed by atoms with E-state index < -0.39 is 4.92 Å². The van der Waals surface area contributed by atoms with Crippen LogP contribution in [0.15, 0.2) is 12.1 Å². The predicted molar refractivity (Wildman–Crippen MR) is 76.5 cm³/mol. The molecule has 2 rings (SSSR count). The number of anilines is 1. The summed E-state index contributed by atoms with van der Waals surface area (Å²) >= 11 is 0. The second kappa shape index (κ2) is 6.98. The highest BCUT2D eigenvalue weighted by atomic mass is 16.7. The van der Waals surface area contributed by atoms with Gasteiger partial charge in [0, 0.05) is 12.6 Å². The molecule has 0 bridgehead atoms. The van der Waals surface area contributed by atoms with Gasteiger partial charge in [-0.25, -0.2) is 0 Å². The Kier molecular flexibility index (Phi) is 5.03. The lowest BCUT2D eigenvalue weighted by molar-refractivity contribution is -0.384. The monoisotopic (exact) mass is 280 g/mol. The molecule has 110 valence electrons. The summed E-state index contributed by atoms with van der Waals surface area (Å²) in [5.74, 6) is 0.995. The fourth-order valence-corrected chi connectivity index (χ4v) is 2.18. The maximum atomic E-state index is 11.1. The van der Waals surface area contributed by atoms with Gasteiger partial charge in [0.15, 0.2) is 11.5 Å². The van der Waals surface area contributed by atoms with Crippen LogP contribution in [0, 0.1) is 10.1 Å². The first kappa shape index (κ1) is 14.4. The summed E-state index contributed by atoms with van der Waals surface area (Å²) < 4.78 is 10.4. The summed E-state index contributed by atoms with van der Waals surface area (Å²) in [6, 6.07) is 3.06. The van der Waals surface area contributed by atoms with Gasteiger partial charge >= 0.3 is 0 Å². The van der Waals surface area contributed by atoms with Gasteiger partial charge in [-0.1, -0.05) is 32.6 Å². The van der Waals surface area contributed by atoms with Crippen LogP contribution in [0.5, 0.6) is 11.5 Å². The Hall–Kier alpha value is -1.98. The molecule has 1 N–H and O–H groups in total. The highest BCUT2D eigenvalue weighted by Gasteiger charge is 2.23. The van der Waals surface area contributed by atoms with Gasteiger partial charge in [-0.05, 0) is 6.42 Å². The molecule has 0 radical (unpaired) electrons. The first-order chi connectivity index (χ1) is 9.72. The van der Waals surface area contributed by atoms with Crippen LogP contribution in [-0.4, -0.2) is 18.3 Å². The lowest BCUT2D eigenvalue weighted by Gasteiger charge is -2.08. The van der Waals surface area contributed by atoms with E-state index in [0.717, 1.165) is 19.4 Å². The zero-order chi connectivity index (χ0) is 14.4. The quantitative estimate of drug-likeness (QED) is 0.446. The molecule has 0 aromatic heterocycles. The van der Waals surface area contributed by atoms with E-state index >= 15 is 0 Å². The van der Waals surface area contributed by atoms with Crippen LogP contribution < -0.4 is 14.8 Å². The Labute approximate surface area is 118 Å². The van der Waals surface area contributed by atoms with Crippen molar-refractivity contribution >= 4 is 11.4 Å². The van der Waals surface area contributed by atoms with Gasteiger partial charge < -0.3 is 14.8 Å². The number of unbranched alkanes of at least 4 members (excludes halogenated alkanes) is 4. The van der Waals surface area contributed by atoms with Gasteiger partial charge in [-0.2, -0.15) is 0 Å². The predicted octanol–water partition coefficient (Wildman–Crippen LogP) is 3.71. The molecule has 20 heavy (non-hydrogen) atoms. The molecule has 1 aliphatic rings. The van der Waals surface area contributed by atoms with Crippen molar-refractivity contribution in [3.05, 3.63) is 22.2 Å². The van der Waals surface area contributed by atoms with Crippen LogP contribution in [0.1, 0.15) is 39.0 Å². The number of benzene rings is 1. The average Bonchev–Trinajstić information content (AvgIpc) is 2.88. The number of hydrogen-bond donors (Lipinski definition) is 1. The minimum Gasteiger partial charge on any atom is -0.454 e. The summed E-state index contributed by atoms with van der Waals surface area (Å²) in [5, 5.41) is 14.2. The number of ether oxygens (including phenoxy) is 2. The van der Waals surface area contributed by atoms with Gasteiger partial charge in [0.25, 0.3) is 5.69 Å². The normalized spacial score (nSPS) is 12.4. The van der Waals surface area contributed by atoms with E-state index in [1.807, 2.05) is 0 Å². The van der Waals surface area contributed by atoms with E-state index in [-0.39, 0.29) is 12.5 Å². The number of rotatable bonds is 8. The van der Waals surface area contributed by atoms with Crippen LogP contribution >= 0.6 is 0 Å². The average molecular weight is 280 g/mol. The van der Waals surface area contributed by atoms with E-state index in [1.54, 1.807) is 6.07 Å². The SMILES string of the molecule is CCCCCCCNc1cc2c(cc1[N+](=O)[O-])OCO2. The number of nitrogens with one attached hydrogen (secondary N) is 1. The van der Waals surface area contributed by atoms with E-state index in [1.165, 1.54) is 25.3 Å². The Morgan fingerprint density at radius 3 is 2.60 bits per heavy atom. The molecule has 0 fully saturated rings. The molecule has 1 heterocycles. The first-order valence-electron chi connectivity index (χ1n) is 7.04. The van der Waals surface area contributed by atoms with E-state index in [9.17, 15) is 10.1 Å². The third-order valence-electron chi connectivity index (χ3n) is 3.28. The van der Waals surface area contributed by atoms with Crippen molar-refractivity contribution in [2.75, 3.05) is 18.7 Å². The molecule has 6 nitrogen and oxygen atoms in total. The van der Waals surface area contributed by atoms with Crippen molar-refractivity contribution in [3.8, 4) is 11.5 Å². The van der Waals surface area contributed by atoms with E-state index in [2.05, 4.69) is 12.2 Å². The van der Waals surface area contributed by atoms with Crippen molar-refractivity contribution in [3.63, 3.8) is 0 Å². The second-order valence-electron chi connectivity index (χ2n) is 4.82. The zero-order valence-corrected chi connectivity index (χ0v) is 11.7. The molecule has 1 aliphatic heterocycles. The highest BCUT2D eigenvalue weighted by Crippen LogP contribution is 2.40. The summed E-state index contributed by atoms with van der Waals surface area (Å²) in [5.41, 5.74) is 0.526. The Bertz CT molecular complexity index is 476. The second-order valence-corrected chi connectivity index (χ2v) is 4.82. The number of nitro groups is 1. The van der Waals surface area contributed by atoms with Crippen LogP contribution in [0.25, 0.3) is 0 Å². The summed E-state index contributed by atoms with van der Waals surface area (Å²) in [4.78, 5) is 10.7. The molecule has 0 unspecified atom stereocenters. The topological polar surface area (TPSA) is 73.6 Å². The maximum absolute atomic E-state index is 11.1. The smallest absolute Gasteiger partial charge is 0.296 e. The number of nitro benzene ring substituents is 1. The molecule has 1 aromatic rings. The van der Waals surface area contributed by atoms with E-state index in [0.29, 0.717) is 17.2 Å². The van der Waals surface area contributed by atoms with Gasteiger partial charge in [-0.15, -0.1) is 0 Å². The largest absolute Gasteiger partial charge is 0.454 e. The maximum Gasteiger partial charge on any atom is 0.296 e. The molecule has 0 spiro atoms.